The van der Waals surface area contributed by atoms with Crippen molar-refractivity contribution in [3.8, 4) is 11.4 Å². The number of carbonyl (C=O) groups is 1. The number of hydrogen-bond acceptors (Lipinski definition) is 5. The number of nitrogens with zero attached hydrogens (tertiary/aromatic N) is 3. The number of anilines is 1. The normalized spacial score (nSPS) is 20.0. The molecule has 34 heavy (non-hydrogen) atoms. The van der Waals surface area contributed by atoms with E-state index in [1.165, 1.54) is 17.7 Å². The van der Waals surface area contributed by atoms with Crippen molar-refractivity contribution in [1.82, 2.24) is 20.1 Å². The van der Waals surface area contributed by atoms with Gasteiger partial charge in [0.2, 0.25) is 6.41 Å². The van der Waals surface area contributed by atoms with Gasteiger partial charge in [-0.05, 0) is 56.7 Å². The van der Waals surface area contributed by atoms with Crippen LogP contribution in [0.1, 0.15) is 45.4 Å². The molecule has 1 aliphatic carbocycles. The zero-order valence-corrected chi connectivity index (χ0v) is 20.9. The molecule has 1 unspecified atom stereocenters. The Kier molecular flexibility index (Phi) is 7.12. The van der Waals surface area contributed by atoms with Crippen LogP contribution < -0.4 is 4.90 Å². The summed E-state index contributed by atoms with van der Waals surface area (Å²) in [4.78, 5) is 18.2. The van der Waals surface area contributed by atoms with Crippen molar-refractivity contribution in [2.75, 3.05) is 31.6 Å². The van der Waals surface area contributed by atoms with E-state index in [0.29, 0.717) is 24.6 Å². The van der Waals surface area contributed by atoms with Crippen LogP contribution in [-0.4, -0.2) is 70.7 Å². The first-order chi connectivity index (χ1) is 16.2. The van der Waals surface area contributed by atoms with E-state index in [2.05, 4.69) is 53.8 Å². The second kappa shape index (κ2) is 9.90. The zero-order valence-electron chi connectivity index (χ0n) is 20.9. The number of aromatic nitrogens is 3. The van der Waals surface area contributed by atoms with Gasteiger partial charge < -0.3 is 19.7 Å². The van der Waals surface area contributed by atoms with Crippen LogP contribution in [0.15, 0.2) is 24.3 Å². The van der Waals surface area contributed by atoms with Gasteiger partial charge in [0.05, 0.1) is 12.3 Å². The van der Waals surface area contributed by atoms with Gasteiger partial charge in [-0.15, -0.1) is 0 Å². The van der Waals surface area contributed by atoms with E-state index in [-0.39, 0.29) is 0 Å². The Balaban J connectivity index is 0.000000231. The molecule has 0 radical (unpaired) electrons. The minimum Gasteiger partial charge on any atom is -0.367 e. The summed E-state index contributed by atoms with van der Waals surface area (Å²) in [5.41, 5.74) is 6.90. The third kappa shape index (κ3) is 5.35. The van der Waals surface area contributed by atoms with Crippen LogP contribution in [0.25, 0.3) is 22.3 Å². The van der Waals surface area contributed by atoms with Gasteiger partial charge in [0.15, 0.2) is 6.29 Å². The van der Waals surface area contributed by atoms with Crippen LogP contribution in [0.4, 0.5) is 5.69 Å². The first-order valence-electron chi connectivity index (χ1n) is 12.1. The highest BCUT2D eigenvalue weighted by atomic mass is 16.6. The molecule has 1 aromatic carbocycles. The van der Waals surface area contributed by atoms with Gasteiger partial charge in [0.25, 0.3) is 0 Å². The number of carbonyl (C=O) groups excluding carboxylic acids is 1. The van der Waals surface area contributed by atoms with Crippen molar-refractivity contribution >= 4 is 23.0 Å². The number of benzene rings is 1. The van der Waals surface area contributed by atoms with Crippen molar-refractivity contribution in [3.63, 3.8) is 0 Å². The fourth-order valence-electron chi connectivity index (χ4n) is 4.71. The number of morpholine rings is 1. The maximum atomic E-state index is 10.9. The predicted octanol–water partition coefficient (Wildman–Crippen LogP) is 3.71. The number of amides is 1. The fourth-order valence-corrected chi connectivity index (χ4v) is 4.71. The average molecular weight is 468 g/mol. The van der Waals surface area contributed by atoms with E-state index in [1.54, 1.807) is 11.9 Å². The maximum Gasteiger partial charge on any atom is 0.213 e. The molecule has 1 fully saturated rings. The standard InChI is InChI=1S/C19H22N4O.C7H15NO2/c1-19(2)7-6-14-17(10-19)21-22-18(14)16-8-12-4-5-13(23(3)11-24)9-15(12)20-16;1-6(2)8-3-4-10-7(9)5-8/h4-5,8-9,11,20H,6-7,10H2,1-3H3,(H,21,22);6-7,9H,3-5H2,1-2H3. The molecule has 8 nitrogen and oxygen atoms in total. The second-order valence-electron chi connectivity index (χ2n) is 10.5. The number of aliphatic hydroxyl groups is 1. The summed E-state index contributed by atoms with van der Waals surface area (Å²) in [6, 6.07) is 8.63. The molecule has 1 atom stereocenters. The van der Waals surface area contributed by atoms with E-state index in [4.69, 9.17) is 9.84 Å². The summed E-state index contributed by atoms with van der Waals surface area (Å²) in [5.74, 6) is 0. The number of fused-ring (bicyclic) bond motifs is 2. The maximum absolute atomic E-state index is 10.9. The smallest absolute Gasteiger partial charge is 0.213 e. The summed E-state index contributed by atoms with van der Waals surface area (Å²) in [5, 5.41) is 18.0. The molecule has 1 saturated heterocycles. The molecule has 8 heteroatoms. The van der Waals surface area contributed by atoms with Gasteiger partial charge >= 0.3 is 0 Å². The third-order valence-electron chi connectivity index (χ3n) is 6.90. The quantitative estimate of drug-likeness (QED) is 0.508. The number of nitrogens with one attached hydrogen (secondary N) is 2. The van der Waals surface area contributed by atoms with Crippen molar-refractivity contribution in [2.24, 2.45) is 5.41 Å². The zero-order chi connectivity index (χ0) is 24.5. The summed E-state index contributed by atoms with van der Waals surface area (Å²) in [7, 11) is 1.75. The Labute approximate surface area is 201 Å². The topological polar surface area (TPSA) is 97.5 Å². The SMILES string of the molecule is CC(C)N1CCOC(O)C1.CN(C=O)c1ccc2cc(-c3n[nH]c4c3CCC(C)(C)C4)[nH]c2c1. The van der Waals surface area contributed by atoms with Crippen LogP contribution in [0.5, 0.6) is 0 Å². The van der Waals surface area contributed by atoms with Gasteiger partial charge in [0, 0.05) is 54.0 Å². The number of aliphatic hydroxyl groups excluding tert-OH is 1. The lowest BCUT2D eigenvalue weighted by molar-refractivity contribution is -0.150. The van der Waals surface area contributed by atoms with E-state index < -0.39 is 6.29 Å². The number of aromatic amines is 2. The number of hydrogen-bond donors (Lipinski definition) is 3. The third-order valence-corrected chi connectivity index (χ3v) is 6.90. The summed E-state index contributed by atoms with van der Waals surface area (Å²) >= 11 is 0. The largest absolute Gasteiger partial charge is 0.367 e. The minimum absolute atomic E-state index is 0.339. The molecule has 1 aliphatic heterocycles. The first-order valence-corrected chi connectivity index (χ1v) is 12.1. The molecule has 0 saturated carbocycles. The Morgan fingerprint density at radius 1 is 1.32 bits per heavy atom. The predicted molar refractivity (Wildman–Crippen MR) is 135 cm³/mol. The van der Waals surface area contributed by atoms with Crippen molar-refractivity contribution in [3.05, 3.63) is 35.5 Å². The van der Waals surface area contributed by atoms with E-state index >= 15 is 0 Å². The van der Waals surface area contributed by atoms with Crippen LogP contribution in [0.2, 0.25) is 0 Å². The Bertz CT molecular complexity index is 1130. The van der Waals surface area contributed by atoms with E-state index in [9.17, 15) is 4.79 Å². The van der Waals surface area contributed by atoms with Gasteiger partial charge in [-0.3, -0.25) is 14.8 Å². The lowest BCUT2D eigenvalue weighted by Gasteiger charge is -2.32. The fraction of sp³-hybridized carbons (Fsp3) is 0.538. The summed E-state index contributed by atoms with van der Waals surface area (Å²) in [6.45, 7) is 11.1. The molecule has 184 valence electrons. The van der Waals surface area contributed by atoms with Crippen LogP contribution >= 0.6 is 0 Å². The second-order valence-corrected chi connectivity index (χ2v) is 10.5. The lowest BCUT2D eigenvalue weighted by Crippen LogP contribution is -2.45. The Morgan fingerprint density at radius 3 is 2.79 bits per heavy atom. The molecule has 2 aliphatic rings. The van der Waals surface area contributed by atoms with E-state index in [1.807, 2.05) is 18.2 Å². The van der Waals surface area contributed by atoms with Gasteiger partial charge in [-0.25, -0.2) is 0 Å². The van der Waals surface area contributed by atoms with Crippen molar-refractivity contribution in [1.29, 1.82) is 0 Å². The molecule has 5 rings (SSSR count). The first kappa shape index (κ1) is 24.4. The molecule has 1 amide bonds. The average Bonchev–Trinajstić information content (AvgIpc) is 3.41. The molecule has 3 aromatic rings. The molecule has 3 N–H and O–H groups in total. The molecule has 0 spiro atoms. The van der Waals surface area contributed by atoms with Crippen LogP contribution in [-0.2, 0) is 22.4 Å². The van der Waals surface area contributed by atoms with Crippen LogP contribution in [0.3, 0.4) is 0 Å². The number of rotatable bonds is 4. The highest BCUT2D eigenvalue weighted by Gasteiger charge is 2.29. The Hall–Kier alpha value is -2.68. The molecular formula is C26H37N5O3. The molecule has 3 heterocycles. The molecule has 0 bridgehead atoms. The van der Waals surface area contributed by atoms with Crippen molar-refractivity contribution < 1.29 is 14.6 Å². The molecule has 2 aromatic heterocycles. The molecular weight excluding hydrogens is 430 g/mol. The van der Waals surface area contributed by atoms with Crippen molar-refractivity contribution in [2.45, 2.75) is 59.3 Å². The number of β-amino-alcohol motifs (C(OH)–C–C–N with tert-alkyl or cyclic N) is 1. The Morgan fingerprint density at radius 2 is 2.12 bits per heavy atom. The minimum atomic E-state index is -0.573. The van der Waals surface area contributed by atoms with Gasteiger partial charge in [-0.1, -0.05) is 19.9 Å². The highest BCUT2D eigenvalue weighted by Crippen LogP contribution is 2.38. The van der Waals surface area contributed by atoms with E-state index in [0.717, 1.165) is 53.8 Å². The van der Waals surface area contributed by atoms with Crippen LogP contribution in [0, 0.1) is 5.41 Å². The van der Waals surface area contributed by atoms with Gasteiger partial charge in [0.1, 0.15) is 5.69 Å². The lowest BCUT2D eigenvalue weighted by atomic mass is 9.76. The van der Waals surface area contributed by atoms with Gasteiger partial charge in [-0.2, -0.15) is 5.10 Å². The monoisotopic (exact) mass is 467 g/mol. The number of H-pyrrole nitrogens is 2. The summed E-state index contributed by atoms with van der Waals surface area (Å²) in [6.07, 6.45) is 3.53. The number of ether oxygens (including phenoxy) is 1. The highest BCUT2D eigenvalue weighted by molar-refractivity contribution is 5.90. The summed E-state index contributed by atoms with van der Waals surface area (Å²) < 4.78 is 4.97.